The van der Waals surface area contributed by atoms with Gasteiger partial charge in [-0.3, -0.25) is 9.59 Å². The van der Waals surface area contributed by atoms with Crippen LogP contribution in [0.25, 0.3) is 0 Å². The summed E-state index contributed by atoms with van der Waals surface area (Å²) in [6, 6.07) is 15.7. The average Bonchev–Trinajstić information content (AvgIpc) is 3.11. The molecule has 0 bridgehead atoms. The highest BCUT2D eigenvalue weighted by molar-refractivity contribution is 5.89. The van der Waals surface area contributed by atoms with Crippen molar-refractivity contribution in [2.45, 2.75) is 33.2 Å². The number of amides is 2. The van der Waals surface area contributed by atoms with Crippen LogP contribution in [-0.4, -0.2) is 43.0 Å². The fourth-order valence-corrected chi connectivity index (χ4v) is 3.63. The van der Waals surface area contributed by atoms with Crippen molar-refractivity contribution in [3.05, 3.63) is 59.7 Å². The number of benzene rings is 2. The van der Waals surface area contributed by atoms with E-state index in [4.69, 9.17) is 9.47 Å². The fraction of sp³-hybridized carbons (Fsp3) is 0.417. The summed E-state index contributed by atoms with van der Waals surface area (Å²) in [6.07, 6.45) is 0.961. The summed E-state index contributed by atoms with van der Waals surface area (Å²) >= 11 is 0. The summed E-state index contributed by atoms with van der Waals surface area (Å²) in [6.45, 7) is 6.56. The molecule has 1 unspecified atom stereocenters. The third-order valence-electron chi connectivity index (χ3n) is 5.12. The molecule has 160 valence electrons. The highest BCUT2D eigenvalue weighted by Crippen LogP contribution is 2.28. The van der Waals surface area contributed by atoms with Crippen molar-refractivity contribution in [2.75, 3.05) is 26.3 Å². The number of ether oxygens (including phenoxy) is 2. The van der Waals surface area contributed by atoms with Crippen LogP contribution in [0.3, 0.4) is 0 Å². The van der Waals surface area contributed by atoms with E-state index in [9.17, 15) is 9.59 Å². The van der Waals surface area contributed by atoms with Gasteiger partial charge in [-0.2, -0.15) is 0 Å². The standard InChI is InChI=1S/C24H30N2O4/c1-3-29-21-11-10-18(14-22(21)30-4-2)12-13-25-24(28)20-15-23(27)26(17-20)16-19-8-6-5-7-9-19/h5-11,14,20H,3-4,12-13,15-17H2,1-2H3,(H,25,28). The van der Waals surface area contributed by atoms with Crippen molar-refractivity contribution >= 4 is 11.8 Å². The van der Waals surface area contributed by atoms with Crippen LogP contribution in [0.15, 0.2) is 48.5 Å². The first kappa shape index (κ1) is 21.7. The van der Waals surface area contributed by atoms with E-state index in [0.717, 1.165) is 22.6 Å². The minimum atomic E-state index is -0.291. The maximum atomic E-state index is 12.6. The minimum Gasteiger partial charge on any atom is -0.490 e. The predicted molar refractivity (Wildman–Crippen MR) is 115 cm³/mol. The Kier molecular flexibility index (Phi) is 7.71. The molecule has 2 aromatic rings. The van der Waals surface area contributed by atoms with E-state index in [-0.39, 0.29) is 24.2 Å². The molecular formula is C24H30N2O4. The zero-order valence-corrected chi connectivity index (χ0v) is 17.7. The molecule has 0 aromatic heterocycles. The van der Waals surface area contributed by atoms with Crippen LogP contribution in [-0.2, 0) is 22.6 Å². The molecule has 0 radical (unpaired) electrons. The molecule has 1 N–H and O–H groups in total. The van der Waals surface area contributed by atoms with Gasteiger partial charge in [0.1, 0.15) is 0 Å². The molecule has 0 spiro atoms. The van der Waals surface area contributed by atoms with Crippen LogP contribution in [0.4, 0.5) is 0 Å². The van der Waals surface area contributed by atoms with E-state index in [1.165, 1.54) is 0 Å². The Labute approximate surface area is 178 Å². The molecule has 6 heteroatoms. The zero-order chi connectivity index (χ0) is 21.3. The average molecular weight is 411 g/mol. The Morgan fingerprint density at radius 2 is 1.77 bits per heavy atom. The van der Waals surface area contributed by atoms with Gasteiger partial charge in [-0.05, 0) is 43.5 Å². The van der Waals surface area contributed by atoms with Crippen molar-refractivity contribution in [2.24, 2.45) is 5.92 Å². The Hall–Kier alpha value is -3.02. The highest BCUT2D eigenvalue weighted by Gasteiger charge is 2.33. The predicted octanol–water partition coefficient (Wildman–Crippen LogP) is 3.19. The van der Waals surface area contributed by atoms with Gasteiger partial charge in [0.05, 0.1) is 19.1 Å². The molecule has 1 heterocycles. The van der Waals surface area contributed by atoms with Crippen LogP contribution in [0, 0.1) is 5.92 Å². The smallest absolute Gasteiger partial charge is 0.225 e. The molecule has 1 saturated heterocycles. The second-order valence-electron chi connectivity index (χ2n) is 7.35. The van der Waals surface area contributed by atoms with E-state index >= 15 is 0 Å². The molecule has 2 aromatic carbocycles. The van der Waals surface area contributed by atoms with Crippen molar-refractivity contribution in [1.82, 2.24) is 10.2 Å². The van der Waals surface area contributed by atoms with Gasteiger partial charge in [-0.25, -0.2) is 0 Å². The van der Waals surface area contributed by atoms with E-state index in [1.54, 1.807) is 4.90 Å². The Bertz CT molecular complexity index is 854. The van der Waals surface area contributed by atoms with Gasteiger partial charge < -0.3 is 19.7 Å². The number of nitrogens with zero attached hydrogens (tertiary/aromatic N) is 1. The van der Waals surface area contributed by atoms with Crippen LogP contribution in [0.5, 0.6) is 11.5 Å². The number of nitrogens with one attached hydrogen (secondary N) is 1. The van der Waals surface area contributed by atoms with Gasteiger partial charge in [-0.15, -0.1) is 0 Å². The van der Waals surface area contributed by atoms with E-state index in [0.29, 0.717) is 39.3 Å². The summed E-state index contributed by atoms with van der Waals surface area (Å²) in [5, 5.41) is 2.98. The molecule has 30 heavy (non-hydrogen) atoms. The van der Waals surface area contributed by atoms with Crippen LogP contribution < -0.4 is 14.8 Å². The second kappa shape index (κ2) is 10.7. The first-order chi connectivity index (χ1) is 14.6. The lowest BCUT2D eigenvalue weighted by molar-refractivity contribution is -0.129. The van der Waals surface area contributed by atoms with Crippen molar-refractivity contribution in [3.8, 4) is 11.5 Å². The molecule has 0 aliphatic carbocycles. The molecule has 1 aliphatic heterocycles. The van der Waals surface area contributed by atoms with Gasteiger partial charge in [0.25, 0.3) is 0 Å². The molecule has 1 aliphatic rings. The van der Waals surface area contributed by atoms with Crippen LogP contribution >= 0.6 is 0 Å². The Morgan fingerprint density at radius 1 is 1.03 bits per heavy atom. The van der Waals surface area contributed by atoms with Gasteiger partial charge in [0.2, 0.25) is 11.8 Å². The Balaban J connectivity index is 1.49. The molecule has 6 nitrogen and oxygen atoms in total. The number of carbonyl (C=O) groups is 2. The maximum absolute atomic E-state index is 12.6. The summed E-state index contributed by atoms with van der Waals surface area (Å²) in [5.74, 6) is 1.14. The van der Waals surface area contributed by atoms with E-state index in [2.05, 4.69) is 5.32 Å². The third-order valence-corrected chi connectivity index (χ3v) is 5.12. The summed E-state index contributed by atoms with van der Waals surface area (Å²) in [4.78, 5) is 26.6. The third kappa shape index (κ3) is 5.75. The highest BCUT2D eigenvalue weighted by atomic mass is 16.5. The van der Waals surface area contributed by atoms with Crippen LogP contribution in [0.1, 0.15) is 31.4 Å². The van der Waals surface area contributed by atoms with Gasteiger partial charge in [0, 0.05) is 26.1 Å². The lowest BCUT2D eigenvalue weighted by Crippen LogP contribution is -2.34. The maximum Gasteiger partial charge on any atom is 0.225 e. The van der Waals surface area contributed by atoms with Crippen molar-refractivity contribution in [1.29, 1.82) is 0 Å². The molecule has 1 fully saturated rings. The summed E-state index contributed by atoms with van der Waals surface area (Å²) in [5.41, 5.74) is 2.14. The molecule has 1 atom stereocenters. The number of likely N-dealkylation sites (tertiary alicyclic amines) is 1. The quantitative estimate of drug-likeness (QED) is 0.653. The van der Waals surface area contributed by atoms with Gasteiger partial charge in [-0.1, -0.05) is 36.4 Å². The van der Waals surface area contributed by atoms with E-state index in [1.807, 2.05) is 62.4 Å². The fourth-order valence-electron chi connectivity index (χ4n) is 3.63. The molecule has 2 amide bonds. The SMILES string of the molecule is CCOc1ccc(CCNC(=O)C2CC(=O)N(Cc3ccccc3)C2)cc1OCC. The lowest BCUT2D eigenvalue weighted by Gasteiger charge is -2.17. The second-order valence-corrected chi connectivity index (χ2v) is 7.35. The largest absolute Gasteiger partial charge is 0.490 e. The van der Waals surface area contributed by atoms with E-state index < -0.39 is 0 Å². The molecule has 3 rings (SSSR count). The van der Waals surface area contributed by atoms with Gasteiger partial charge >= 0.3 is 0 Å². The minimum absolute atomic E-state index is 0.0341. The van der Waals surface area contributed by atoms with Crippen LogP contribution in [0.2, 0.25) is 0 Å². The van der Waals surface area contributed by atoms with Gasteiger partial charge in [0.15, 0.2) is 11.5 Å². The number of hydrogen-bond donors (Lipinski definition) is 1. The summed E-state index contributed by atoms with van der Waals surface area (Å²) < 4.78 is 11.2. The Morgan fingerprint density at radius 3 is 2.50 bits per heavy atom. The number of hydrogen-bond acceptors (Lipinski definition) is 4. The summed E-state index contributed by atoms with van der Waals surface area (Å²) in [7, 11) is 0. The lowest BCUT2D eigenvalue weighted by atomic mass is 10.1. The molecular weight excluding hydrogens is 380 g/mol. The zero-order valence-electron chi connectivity index (χ0n) is 17.7. The first-order valence-electron chi connectivity index (χ1n) is 10.6. The van der Waals surface area contributed by atoms with Crippen molar-refractivity contribution in [3.63, 3.8) is 0 Å². The number of carbonyl (C=O) groups excluding carboxylic acids is 2. The first-order valence-corrected chi connectivity index (χ1v) is 10.6. The van der Waals surface area contributed by atoms with Crippen molar-refractivity contribution < 1.29 is 19.1 Å². The molecule has 0 saturated carbocycles. The topological polar surface area (TPSA) is 67.9 Å². The monoisotopic (exact) mass is 410 g/mol. The normalized spacial score (nSPS) is 15.9. The number of rotatable bonds is 10.